The van der Waals surface area contributed by atoms with Gasteiger partial charge in [-0.05, 0) is 18.9 Å². The van der Waals surface area contributed by atoms with Crippen LogP contribution < -0.4 is 5.32 Å². The van der Waals surface area contributed by atoms with E-state index >= 15 is 0 Å². The molecule has 2 fully saturated rings. The van der Waals surface area contributed by atoms with Crippen LogP contribution in [0.3, 0.4) is 0 Å². The maximum Gasteiger partial charge on any atom is 0.270 e. The average molecular weight is 431 g/mol. The number of carbonyl (C=O) groups is 3. The number of likely N-dealkylation sites (tertiary alicyclic amines) is 1. The van der Waals surface area contributed by atoms with Gasteiger partial charge in [-0.2, -0.15) is 0 Å². The SMILES string of the molecule is O=C(NCC(=O)N1CCN(CC(=O)N2CCCCCC2)CC1)c1cccc([N+](=O)[O-])c1. The molecule has 3 amide bonds. The molecule has 0 unspecified atom stereocenters. The van der Waals surface area contributed by atoms with E-state index in [1.165, 1.54) is 37.1 Å². The Labute approximate surface area is 181 Å². The van der Waals surface area contributed by atoms with Crippen molar-refractivity contribution < 1.29 is 19.3 Å². The molecule has 0 spiro atoms. The summed E-state index contributed by atoms with van der Waals surface area (Å²) in [4.78, 5) is 53.1. The summed E-state index contributed by atoms with van der Waals surface area (Å²) in [6.07, 6.45) is 4.50. The van der Waals surface area contributed by atoms with Crippen LogP contribution in [0.5, 0.6) is 0 Å². The summed E-state index contributed by atoms with van der Waals surface area (Å²) < 4.78 is 0. The third kappa shape index (κ3) is 6.48. The first-order valence-corrected chi connectivity index (χ1v) is 10.7. The first-order chi connectivity index (χ1) is 14.9. The van der Waals surface area contributed by atoms with E-state index in [-0.39, 0.29) is 29.6 Å². The van der Waals surface area contributed by atoms with Gasteiger partial charge in [-0.3, -0.25) is 29.4 Å². The second-order valence-electron chi connectivity index (χ2n) is 7.94. The lowest BCUT2D eigenvalue weighted by molar-refractivity contribution is -0.384. The van der Waals surface area contributed by atoms with Crippen LogP contribution in [-0.2, 0) is 9.59 Å². The highest BCUT2D eigenvalue weighted by Gasteiger charge is 2.25. The zero-order valence-electron chi connectivity index (χ0n) is 17.6. The number of piperazine rings is 1. The fourth-order valence-corrected chi connectivity index (χ4v) is 3.90. The van der Waals surface area contributed by atoms with Crippen molar-refractivity contribution in [3.63, 3.8) is 0 Å². The Bertz CT molecular complexity index is 814. The second-order valence-corrected chi connectivity index (χ2v) is 7.94. The lowest BCUT2D eigenvalue weighted by Gasteiger charge is -2.35. The number of carbonyl (C=O) groups excluding carboxylic acids is 3. The van der Waals surface area contributed by atoms with Crippen LogP contribution in [0.15, 0.2) is 24.3 Å². The van der Waals surface area contributed by atoms with Crippen molar-refractivity contribution in [1.29, 1.82) is 0 Å². The van der Waals surface area contributed by atoms with E-state index in [2.05, 4.69) is 10.2 Å². The van der Waals surface area contributed by atoms with Crippen molar-refractivity contribution >= 4 is 23.4 Å². The van der Waals surface area contributed by atoms with Gasteiger partial charge >= 0.3 is 0 Å². The predicted molar refractivity (Wildman–Crippen MR) is 113 cm³/mol. The molecule has 1 N–H and O–H groups in total. The van der Waals surface area contributed by atoms with Gasteiger partial charge in [0.05, 0.1) is 18.0 Å². The Morgan fingerprint density at radius 2 is 1.55 bits per heavy atom. The Morgan fingerprint density at radius 1 is 0.903 bits per heavy atom. The molecule has 0 aromatic heterocycles. The van der Waals surface area contributed by atoms with E-state index in [0.29, 0.717) is 32.7 Å². The number of nitrogens with zero attached hydrogens (tertiary/aromatic N) is 4. The van der Waals surface area contributed by atoms with Crippen LogP contribution in [0, 0.1) is 10.1 Å². The summed E-state index contributed by atoms with van der Waals surface area (Å²) in [6.45, 7) is 4.11. The summed E-state index contributed by atoms with van der Waals surface area (Å²) in [6, 6.07) is 5.38. The lowest BCUT2D eigenvalue weighted by Crippen LogP contribution is -2.53. The average Bonchev–Trinajstić information content (AvgIpc) is 3.07. The number of amides is 3. The molecule has 0 saturated carbocycles. The molecule has 0 atom stereocenters. The van der Waals surface area contributed by atoms with Crippen molar-refractivity contribution in [2.75, 3.05) is 52.4 Å². The van der Waals surface area contributed by atoms with Gasteiger partial charge < -0.3 is 15.1 Å². The summed E-state index contributed by atoms with van der Waals surface area (Å²) >= 11 is 0. The number of nitrogens with one attached hydrogen (secondary N) is 1. The minimum Gasteiger partial charge on any atom is -0.343 e. The number of non-ortho nitro benzene ring substituents is 1. The van der Waals surface area contributed by atoms with Gasteiger partial charge in [-0.1, -0.05) is 18.9 Å². The maximum absolute atomic E-state index is 12.5. The van der Waals surface area contributed by atoms with Gasteiger partial charge in [0.15, 0.2) is 0 Å². The molecule has 2 aliphatic heterocycles. The Morgan fingerprint density at radius 3 is 2.19 bits per heavy atom. The molecule has 2 heterocycles. The molecule has 0 aliphatic carbocycles. The molecule has 10 heteroatoms. The maximum atomic E-state index is 12.5. The molecule has 3 rings (SSSR count). The topological polar surface area (TPSA) is 116 Å². The number of rotatable bonds is 6. The van der Waals surface area contributed by atoms with Crippen LogP contribution in [0.2, 0.25) is 0 Å². The summed E-state index contributed by atoms with van der Waals surface area (Å²) in [5, 5.41) is 13.4. The minimum atomic E-state index is -0.570. The van der Waals surface area contributed by atoms with Crippen molar-refractivity contribution in [3.8, 4) is 0 Å². The van der Waals surface area contributed by atoms with E-state index in [0.717, 1.165) is 25.9 Å². The number of nitro groups is 1. The van der Waals surface area contributed by atoms with Crippen molar-refractivity contribution in [2.45, 2.75) is 25.7 Å². The fourth-order valence-electron chi connectivity index (χ4n) is 3.90. The molecule has 0 bridgehead atoms. The van der Waals surface area contributed by atoms with E-state index in [1.807, 2.05) is 4.90 Å². The highest BCUT2D eigenvalue weighted by Crippen LogP contribution is 2.13. The molecule has 0 radical (unpaired) electrons. The summed E-state index contributed by atoms with van der Waals surface area (Å²) in [5.74, 6) is -0.582. The number of hydrogen-bond donors (Lipinski definition) is 1. The van der Waals surface area contributed by atoms with Crippen LogP contribution in [0.4, 0.5) is 5.69 Å². The van der Waals surface area contributed by atoms with E-state index < -0.39 is 10.8 Å². The second kappa shape index (κ2) is 10.9. The zero-order chi connectivity index (χ0) is 22.2. The molecule has 1 aromatic rings. The van der Waals surface area contributed by atoms with E-state index in [4.69, 9.17) is 0 Å². The quantitative estimate of drug-likeness (QED) is 0.528. The molecular weight excluding hydrogens is 402 g/mol. The molecule has 168 valence electrons. The molecular formula is C21H29N5O5. The summed E-state index contributed by atoms with van der Waals surface area (Å²) in [7, 11) is 0. The standard InChI is InChI=1S/C21H29N5O5/c27-19(15-22-21(29)17-6-5-7-18(14-17)26(30)31)25-12-10-23(11-13-25)16-20(28)24-8-3-1-2-4-9-24/h5-7,14H,1-4,8-13,15-16H2,(H,22,29). The normalized spacial score (nSPS) is 17.7. The molecule has 2 aliphatic rings. The first-order valence-electron chi connectivity index (χ1n) is 10.7. The minimum absolute atomic E-state index is 0.138. The number of nitro benzene ring substituents is 1. The smallest absolute Gasteiger partial charge is 0.270 e. The van der Waals surface area contributed by atoms with Crippen molar-refractivity contribution in [2.24, 2.45) is 0 Å². The lowest BCUT2D eigenvalue weighted by atomic mass is 10.2. The van der Waals surface area contributed by atoms with Crippen LogP contribution in [-0.4, -0.2) is 89.7 Å². The number of benzene rings is 1. The highest BCUT2D eigenvalue weighted by molar-refractivity contribution is 5.97. The molecule has 1 aromatic carbocycles. The van der Waals surface area contributed by atoms with Crippen LogP contribution in [0.1, 0.15) is 36.0 Å². The van der Waals surface area contributed by atoms with Crippen molar-refractivity contribution in [3.05, 3.63) is 39.9 Å². The van der Waals surface area contributed by atoms with Gasteiger partial charge in [-0.15, -0.1) is 0 Å². The number of hydrogen-bond acceptors (Lipinski definition) is 6. The molecule has 10 nitrogen and oxygen atoms in total. The van der Waals surface area contributed by atoms with E-state index in [1.54, 1.807) is 4.90 Å². The first kappa shape index (κ1) is 22.7. The third-order valence-corrected chi connectivity index (χ3v) is 5.76. The largest absolute Gasteiger partial charge is 0.343 e. The monoisotopic (exact) mass is 431 g/mol. The Hall–Kier alpha value is -3.01. The van der Waals surface area contributed by atoms with Crippen LogP contribution >= 0.6 is 0 Å². The summed E-state index contributed by atoms with van der Waals surface area (Å²) in [5.41, 5.74) is -0.0383. The zero-order valence-corrected chi connectivity index (χ0v) is 17.6. The van der Waals surface area contributed by atoms with Crippen LogP contribution in [0.25, 0.3) is 0 Å². The Balaban J connectivity index is 1.40. The van der Waals surface area contributed by atoms with Crippen molar-refractivity contribution in [1.82, 2.24) is 20.0 Å². The van der Waals surface area contributed by atoms with Gasteiger partial charge in [-0.25, -0.2) is 0 Å². The third-order valence-electron chi connectivity index (χ3n) is 5.76. The van der Waals surface area contributed by atoms with Gasteiger partial charge in [0, 0.05) is 57.0 Å². The Kier molecular flexibility index (Phi) is 7.94. The van der Waals surface area contributed by atoms with Gasteiger partial charge in [0.2, 0.25) is 11.8 Å². The molecule has 31 heavy (non-hydrogen) atoms. The molecule has 2 saturated heterocycles. The predicted octanol–water partition coefficient (Wildman–Crippen LogP) is 0.871. The van der Waals surface area contributed by atoms with Gasteiger partial charge in [0.1, 0.15) is 0 Å². The van der Waals surface area contributed by atoms with E-state index in [9.17, 15) is 24.5 Å². The van der Waals surface area contributed by atoms with Gasteiger partial charge in [0.25, 0.3) is 11.6 Å². The fraction of sp³-hybridized carbons (Fsp3) is 0.571. The highest BCUT2D eigenvalue weighted by atomic mass is 16.6.